The Kier molecular flexibility index (Phi) is 3.15. The van der Waals surface area contributed by atoms with Crippen LogP contribution in [-0.4, -0.2) is 23.7 Å². The molecule has 1 saturated heterocycles. The summed E-state index contributed by atoms with van der Waals surface area (Å²) in [7, 11) is 0. The third-order valence-electron chi connectivity index (χ3n) is 2.58. The Morgan fingerprint density at radius 2 is 2.57 bits per heavy atom. The summed E-state index contributed by atoms with van der Waals surface area (Å²) in [4.78, 5) is 5.54. The van der Waals surface area contributed by atoms with Crippen LogP contribution in [0, 0.1) is 6.92 Å². The maximum absolute atomic E-state index is 5.48. The van der Waals surface area contributed by atoms with Crippen LogP contribution in [0.25, 0.3) is 0 Å². The third kappa shape index (κ3) is 2.32. The van der Waals surface area contributed by atoms with Crippen LogP contribution < -0.4 is 5.32 Å². The minimum atomic E-state index is 0.351. The number of ether oxygens (including phenoxy) is 1. The second kappa shape index (κ2) is 4.38. The average Bonchev–Trinajstić information content (AvgIpc) is 2.72. The highest BCUT2D eigenvalue weighted by Crippen LogP contribution is 2.15. The Labute approximate surface area is 88.5 Å². The van der Waals surface area contributed by atoms with Gasteiger partial charge < -0.3 is 10.1 Å². The minimum absolute atomic E-state index is 0.351. The molecule has 2 heterocycles. The van der Waals surface area contributed by atoms with Crippen molar-refractivity contribution in [3.8, 4) is 0 Å². The van der Waals surface area contributed by atoms with Crippen molar-refractivity contribution in [3.05, 3.63) is 16.1 Å². The van der Waals surface area contributed by atoms with Gasteiger partial charge in [-0.05, 0) is 20.3 Å². The van der Waals surface area contributed by atoms with Crippen molar-refractivity contribution in [1.29, 1.82) is 0 Å². The number of nitrogens with one attached hydrogen (secondary N) is 1. The molecule has 0 amide bonds. The first-order valence-electron chi connectivity index (χ1n) is 5.02. The Hall–Kier alpha value is -0.450. The van der Waals surface area contributed by atoms with Gasteiger partial charge in [-0.2, -0.15) is 0 Å². The smallest absolute Gasteiger partial charge is 0.0897 e. The zero-order valence-electron chi connectivity index (χ0n) is 8.62. The standard InChI is InChI=1S/C10H16N2OS/c1-7-10(3-4-13-7)12-6-9-5-11-8(2)14-9/h5,7,10,12H,3-4,6H2,1-2H3. The van der Waals surface area contributed by atoms with Crippen molar-refractivity contribution in [1.82, 2.24) is 10.3 Å². The van der Waals surface area contributed by atoms with E-state index in [-0.39, 0.29) is 0 Å². The molecule has 1 aliphatic rings. The maximum Gasteiger partial charge on any atom is 0.0897 e. The average molecular weight is 212 g/mol. The fourth-order valence-corrected chi connectivity index (χ4v) is 2.46. The predicted molar refractivity (Wildman–Crippen MR) is 57.5 cm³/mol. The Morgan fingerprint density at radius 3 is 3.14 bits per heavy atom. The molecule has 0 bridgehead atoms. The van der Waals surface area contributed by atoms with E-state index >= 15 is 0 Å². The van der Waals surface area contributed by atoms with Crippen molar-refractivity contribution in [2.24, 2.45) is 0 Å². The molecule has 1 N–H and O–H groups in total. The monoisotopic (exact) mass is 212 g/mol. The summed E-state index contributed by atoms with van der Waals surface area (Å²) in [5, 5.41) is 4.64. The molecule has 0 aromatic carbocycles. The maximum atomic E-state index is 5.48. The second-order valence-electron chi connectivity index (χ2n) is 3.70. The van der Waals surface area contributed by atoms with Gasteiger partial charge in [0, 0.05) is 30.3 Å². The van der Waals surface area contributed by atoms with E-state index in [9.17, 15) is 0 Å². The summed E-state index contributed by atoms with van der Waals surface area (Å²) in [6.45, 7) is 5.97. The van der Waals surface area contributed by atoms with Crippen LogP contribution in [0.3, 0.4) is 0 Å². The zero-order valence-corrected chi connectivity index (χ0v) is 9.43. The highest BCUT2D eigenvalue weighted by molar-refractivity contribution is 7.11. The first kappa shape index (κ1) is 10.1. The molecule has 78 valence electrons. The minimum Gasteiger partial charge on any atom is -0.377 e. The van der Waals surface area contributed by atoms with Crippen LogP contribution in [0.4, 0.5) is 0 Å². The molecule has 0 saturated carbocycles. The number of hydrogen-bond donors (Lipinski definition) is 1. The first-order chi connectivity index (χ1) is 6.75. The van der Waals surface area contributed by atoms with Crippen LogP contribution in [-0.2, 0) is 11.3 Å². The molecule has 1 fully saturated rings. The number of hydrogen-bond acceptors (Lipinski definition) is 4. The molecule has 1 aromatic rings. The van der Waals surface area contributed by atoms with Crippen molar-refractivity contribution < 1.29 is 4.74 Å². The summed E-state index contributed by atoms with van der Waals surface area (Å²) >= 11 is 1.76. The van der Waals surface area contributed by atoms with E-state index in [1.165, 1.54) is 4.88 Å². The van der Waals surface area contributed by atoms with Gasteiger partial charge in [0.2, 0.25) is 0 Å². The molecule has 14 heavy (non-hydrogen) atoms. The van der Waals surface area contributed by atoms with E-state index in [1.54, 1.807) is 11.3 Å². The molecule has 2 rings (SSSR count). The molecule has 0 spiro atoms. The Balaban J connectivity index is 1.82. The van der Waals surface area contributed by atoms with Gasteiger partial charge in [0.15, 0.2) is 0 Å². The first-order valence-corrected chi connectivity index (χ1v) is 5.83. The topological polar surface area (TPSA) is 34.2 Å². The number of nitrogens with zero attached hydrogens (tertiary/aromatic N) is 1. The molecule has 1 aliphatic heterocycles. The summed E-state index contributed by atoms with van der Waals surface area (Å²) < 4.78 is 5.48. The fraction of sp³-hybridized carbons (Fsp3) is 0.700. The van der Waals surface area contributed by atoms with Gasteiger partial charge in [-0.25, -0.2) is 4.98 Å². The molecular formula is C10H16N2OS. The third-order valence-corrected chi connectivity index (χ3v) is 3.50. The van der Waals surface area contributed by atoms with Crippen LogP contribution in [0.5, 0.6) is 0 Å². The largest absolute Gasteiger partial charge is 0.377 e. The van der Waals surface area contributed by atoms with Crippen LogP contribution >= 0.6 is 11.3 Å². The fourth-order valence-electron chi connectivity index (χ4n) is 1.72. The van der Waals surface area contributed by atoms with E-state index < -0.39 is 0 Å². The molecule has 4 heteroatoms. The highest BCUT2D eigenvalue weighted by Gasteiger charge is 2.23. The van der Waals surface area contributed by atoms with Gasteiger partial charge in [-0.3, -0.25) is 0 Å². The van der Waals surface area contributed by atoms with Crippen LogP contribution in [0.15, 0.2) is 6.20 Å². The van der Waals surface area contributed by atoms with Crippen molar-refractivity contribution in [2.75, 3.05) is 6.61 Å². The summed E-state index contributed by atoms with van der Waals surface area (Å²) in [6.07, 6.45) is 3.43. The number of thiazole rings is 1. The molecule has 0 aliphatic carbocycles. The highest BCUT2D eigenvalue weighted by atomic mass is 32.1. The molecule has 0 radical (unpaired) electrons. The van der Waals surface area contributed by atoms with Crippen molar-refractivity contribution in [2.45, 2.75) is 39.0 Å². The molecule has 1 aromatic heterocycles. The zero-order chi connectivity index (χ0) is 9.97. The lowest BCUT2D eigenvalue weighted by Gasteiger charge is -2.14. The van der Waals surface area contributed by atoms with E-state index in [4.69, 9.17) is 4.74 Å². The van der Waals surface area contributed by atoms with Gasteiger partial charge in [-0.1, -0.05) is 0 Å². The molecule has 2 unspecified atom stereocenters. The lowest BCUT2D eigenvalue weighted by molar-refractivity contribution is 0.113. The SMILES string of the molecule is Cc1ncc(CNC2CCOC2C)s1. The number of aryl methyl sites for hydroxylation is 1. The lowest BCUT2D eigenvalue weighted by Crippen LogP contribution is -2.33. The molecule has 3 nitrogen and oxygen atoms in total. The van der Waals surface area contributed by atoms with Gasteiger partial charge in [0.1, 0.15) is 0 Å². The van der Waals surface area contributed by atoms with E-state index in [0.29, 0.717) is 12.1 Å². The van der Waals surface area contributed by atoms with E-state index in [2.05, 4.69) is 17.2 Å². The Bertz CT molecular complexity index is 300. The summed E-state index contributed by atoms with van der Waals surface area (Å²) in [5.41, 5.74) is 0. The van der Waals surface area contributed by atoms with E-state index in [1.807, 2.05) is 13.1 Å². The van der Waals surface area contributed by atoms with Crippen LogP contribution in [0.2, 0.25) is 0 Å². The van der Waals surface area contributed by atoms with E-state index in [0.717, 1.165) is 24.6 Å². The molecular weight excluding hydrogens is 196 g/mol. The number of aromatic nitrogens is 1. The van der Waals surface area contributed by atoms with Crippen LogP contribution in [0.1, 0.15) is 23.2 Å². The second-order valence-corrected chi connectivity index (χ2v) is 5.02. The van der Waals surface area contributed by atoms with Gasteiger partial charge in [0.25, 0.3) is 0 Å². The lowest BCUT2D eigenvalue weighted by atomic mass is 10.1. The van der Waals surface area contributed by atoms with Crippen molar-refractivity contribution in [3.63, 3.8) is 0 Å². The van der Waals surface area contributed by atoms with Crippen molar-refractivity contribution >= 4 is 11.3 Å². The predicted octanol–water partition coefficient (Wildman–Crippen LogP) is 1.72. The Morgan fingerprint density at radius 1 is 1.71 bits per heavy atom. The number of rotatable bonds is 3. The van der Waals surface area contributed by atoms with Gasteiger partial charge in [0.05, 0.1) is 11.1 Å². The quantitative estimate of drug-likeness (QED) is 0.828. The molecule has 2 atom stereocenters. The van der Waals surface area contributed by atoms with Gasteiger partial charge >= 0.3 is 0 Å². The summed E-state index contributed by atoms with van der Waals surface area (Å²) in [6, 6.07) is 0.511. The normalized spacial score (nSPS) is 27.0. The summed E-state index contributed by atoms with van der Waals surface area (Å²) in [5.74, 6) is 0. The van der Waals surface area contributed by atoms with Gasteiger partial charge in [-0.15, -0.1) is 11.3 Å².